The predicted molar refractivity (Wildman–Crippen MR) is 76.6 cm³/mol. The van der Waals surface area contributed by atoms with Crippen molar-refractivity contribution < 1.29 is 9.47 Å². The largest absolute Gasteiger partial charge is 0.476 e. The van der Waals surface area contributed by atoms with Crippen molar-refractivity contribution in [1.82, 2.24) is 9.97 Å². The predicted octanol–water partition coefficient (Wildman–Crippen LogP) is 1.71. The van der Waals surface area contributed by atoms with E-state index in [1.165, 1.54) is 6.33 Å². The molecule has 0 aliphatic rings. The van der Waals surface area contributed by atoms with Gasteiger partial charge in [0.05, 0.1) is 19.3 Å². The second-order valence-corrected chi connectivity index (χ2v) is 4.35. The lowest BCUT2D eigenvalue weighted by molar-refractivity contribution is 0.181. The lowest BCUT2D eigenvalue weighted by Crippen LogP contribution is -2.37. The molecule has 1 aromatic heterocycles. The van der Waals surface area contributed by atoms with Crippen molar-refractivity contribution in [1.29, 1.82) is 0 Å². The smallest absolute Gasteiger partial charge is 0.242 e. The van der Waals surface area contributed by atoms with E-state index in [9.17, 15) is 0 Å². The number of anilines is 2. The van der Waals surface area contributed by atoms with Crippen LogP contribution in [0.4, 0.5) is 11.5 Å². The summed E-state index contributed by atoms with van der Waals surface area (Å²) in [4.78, 5) is 10.4. The third-order valence-corrected chi connectivity index (χ3v) is 2.82. The van der Waals surface area contributed by atoms with Gasteiger partial charge < -0.3 is 20.1 Å². The summed E-state index contributed by atoms with van der Waals surface area (Å²) in [7, 11) is 1.68. The van der Waals surface area contributed by atoms with E-state index in [0.29, 0.717) is 30.6 Å². The molecule has 0 spiro atoms. The molecule has 1 heterocycles. The van der Waals surface area contributed by atoms with Gasteiger partial charge in [0.2, 0.25) is 5.88 Å². The first-order chi connectivity index (χ1) is 9.15. The molecular formula is C13H24N4O2. The molecule has 0 saturated carbocycles. The highest BCUT2D eigenvalue weighted by Gasteiger charge is 2.19. The Balaban J connectivity index is 2.97. The summed E-state index contributed by atoms with van der Waals surface area (Å²) >= 11 is 0. The van der Waals surface area contributed by atoms with Crippen molar-refractivity contribution in [2.45, 2.75) is 33.2 Å². The molecule has 0 radical (unpaired) electrons. The lowest BCUT2D eigenvalue weighted by Gasteiger charge is -2.29. The second-order valence-electron chi connectivity index (χ2n) is 4.35. The first kappa shape index (κ1) is 15.5. The first-order valence-corrected chi connectivity index (χ1v) is 6.64. The zero-order valence-corrected chi connectivity index (χ0v) is 12.2. The van der Waals surface area contributed by atoms with Crippen LogP contribution in [0, 0.1) is 0 Å². The highest BCUT2D eigenvalue weighted by Crippen LogP contribution is 2.29. The maximum atomic E-state index is 6.10. The van der Waals surface area contributed by atoms with Crippen LogP contribution in [0.5, 0.6) is 5.88 Å². The van der Waals surface area contributed by atoms with Crippen molar-refractivity contribution in [3.05, 3.63) is 6.33 Å². The maximum Gasteiger partial charge on any atom is 0.242 e. The quantitative estimate of drug-likeness (QED) is 0.773. The van der Waals surface area contributed by atoms with Crippen LogP contribution in [0.25, 0.3) is 0 Å². The molecule has 0 saturated heterocycles. The van der Waals surface area contributed by atoms with Gasteiger partial charge in [-0.2, -0.15) is 4.98 Å². The van der Waals surface area contributed by atoms with Crippen LogP contribution in [0.1, 0.15) is 27.2 Å². The molecule has 0 aromatic carbocycles. The molecule has 0 aliphatic heterocycles. The van der Waals surface area contributed by atoms with Gasteiger partial charge in [-0.25, -0.2) is 4.98 Å². The SMILES string of the molecule is CCCOc1ncnc(N(CC)C(C)COC)c1N. The molecule has 1 atom stereocenters. The maximum absolute atomic E-state index is 6.10. The summed E-state index contributed by atoms with van der Waals surface area (Å²) in [6.45, 7) is 8.17. The number of nitrogen functional groups attached to an aromatic ring is 1. The zero-order chi connectivity index (χ0) is 14.3. The van der Waals surface area contributed by atoms with Gasteiger partial charge in [0.15, 0.2) is 5.82 Å². The zero-order valence-electron chi connectivity index (χ0n) is 12.2. The topological polar surface area (TPSA) is 73.5 Å². The minimum Gasteiger partial charge on any atom is -0.476 e. The number of aromatic nitrogens is 2. The Labute approximate surface area is 114 Å². The summed E-state index contributed by atoms with van der Waals surface area (Å²) in [5.41, 5.74) is 6.59. The Hall–Kier alpha value is -1.56. The second kappa shape index (κ2) is 7.78. The van der Waals surface area contributed by atoms with E-state index in [-0.39, 0.29) is 6.04 Å². The molecule has 1 unspecified atom stereocenters. The van der Waals surface area contributed by atoms with E-state index in [1.807, 2.05) is 6.92 Å². The molecular weight excluding hydrogens is 244 g/mol. The number of likely N-dealkylation sites (N-methyl/N-ethyl adjacent to an activating group) is 1. The summed E-state index contributed by atoms with van der Waals surface area (Å²) < 4.78 is 10.7. The van der Waals surface area contributed by atoms with E-state index in [1.54, 1.807) is 7.11 Å². The van der Waals surface area contributed by atoms with Gasteiger partial charge >= 0.3 is 0 Å². The Kier molecular flexibility index (Phi) is 6.35. The van der Waals surface area contributed by atoms with E-state index < -0.39 is 0 Å². The Bertz CT molecular complexity index is 387. The average Bonchev–Trinajstić information content (AvgIpc) is 2.40. The number of ether oxygens (including phenoxy) is 2. The highest BCUT2D eigenvalue weighted by molar-refractivity contribution is 5.68. The fourth-order valence-corrected chi connectivity index (χ4v) is 1.91. The summed E-state index contributed by atoms with van der Waals surface area (Å²) in [5, 5.41) is 0. The molecule has 0 bridgehead atoms. The molecule has 0 fully saturated rings. The van der Waals surface area contributed by atoms with Crippen LogP contribution >= 0.6 is 0 Å². The van der Waals surface area contributed by atoms with E-state index in [2.05, 4.69) is 28.7 Å². The van der Waals surface area contributed by atoms with Gasteiger partial charge in [-0.15, -0.1) is 0 Å². The van der Waals surface area contributed by atoms with Gasteiger partial charge in [-0.05, 0) is 20.3 Å². The molecule has 108 valence electrons. The van der Waals surface area contributed by atoms with Crippen LogP contribution in [0.3, 0.4) is 0 Å². The van der Waals surface area contributed by atoms with E-state index >= 15 is 0 Å². The Morgan fingerprint density at radius 1 is 1.37 bits per heavy atom. The van der Waals surface area contributed by atoms with E-state index in [4.69, 9.17) is 15.2 Å². The third kappa shape index (κ3) is 3.96. The van der Waals surface area contributed by atoms with Gasteiger partial charge in [0.1, 0.15) is 12.0 Å². The standard InChI is InChI=1S/C13H24N4O2/c1-5-7-19-13-11(14)12(15-9-16-13)17(6-2)10(3)8-18-4/h9-10H,5-8,14H2,1-4H3. The summed E-state index contributed by atoms with van der Waals surface area (Å²) in [6.07, 6.45) is 2.40. The molecule has 0 aliphatic carbocycles. The van der Waals surface area contributed by atoms with Crippen molar-refractivity contribution in [3.8, 4) is 5.88 Å². The van der Waals surface area contributed by atoms with Gasteiger partial charge in [0.25, 0.3) is 0 Å². The Morgan fingerprint density at radius 2 is 2.11 bits per heavy atom. The fraction of sp³-hybridized carbons (Fsp3) is 0.692. The van der Waals surface area contributed by atoms with Crippen molar-refractivity contribution in [2.75, 3.05) is 37.5 Å². The minimum atomic E-state index is 0.186. The molecule has 1 aromatic rings. The van der Waals surface area contributed by atoms with Crippen molar-refractivity contribution in [2.24, 2.45) is 0 Å². The highest BCUT2D eigenvalue weighted by atomic mass is 16.5. The Morgan fingerprint density at radius 3 is 2.68 bits per heavy atom. The molecule has 6 nitrogen and oxygen atoms in total. The van der Waals surface area contributed by atoms with E-state index in [0.717, 1.165) is 13.0 Å². The van der Waals surface area contributed by atoms with Crippen LogP contribution in [0.2, 0.25) is 0 Å². The number of rotatable bonds is 8. The number of nitrogens with two attached hydrogens (primary N) is 1. The minimum absolute atomic E-state index is 0.186. The van der Waals surface area contributed by atoms with Crippen LogP contribution in [-0.4, -0.2) is 42.9 Å². The number of nitrogens with zero attached hydrogens (tertiary/aromatic N) is 3. The summed E-state index contributed by atoms with van der Waals surface area (Å²) in [5.74, 6) is 1.16. The number of hydrogen-bond acceptors (Lipinski definition) is 6. The molecule has 1 rings (SSSR count). The van der Waals surface area contributed by atoms with Crippen molar-refractivity contribution in [3.63, 3.8) is 0 Å². The number of methoxy groups -OCH3 is 1. The first-order valence-electron chi connectivity index (χ1n) is 6.64. The number of hydrogen-bond donors (Lipinski definition) is 1. The van der Waals surface area contributed by atoms with Gasteiger partial charge in [-0.3, -0.25) is 0 Å². The van der Waals surface area contributed by atoms with Gasteiger partial charge in [-0.1, -0.05) is 6.92 Å². The van der Waals surface area contributed by atoms with Crippen molar-refractivity contribution >= 4 is 11.5 Å². The monoisotopic (exact) mass is 268 g/mol. The van der Waals surface area contributed by atoms with Crippen LogP contribution < -0.4 is 15.4 Å². The lowest BCUT2D eigenvalue weighted by atomic mass is 10.2. The van der Waals surface area contributed by atoms with Crippen LogP contribution in [0.15, 0.2) is 6.33 Å². The molecule has 19 heavy (non-hydrogen) atoms. The fourth-order valence-electron chi connectivity index (χ4n) is 1.91. The molecule has 6 heteroatoms. The normalized spacial score (nSPS) is 12.2. The summed E-state index contributed by atoms with van der Waals surface area (Å²) in [6, 6.07) is 0.186. The third-order valence-electron chi connectivity index (χ3n) is 2.82. The van der Waals surface area contributed by atoms with Gasteiger partial charge in [0, 0.05) is 13.7 Å². The average molecular weight is 268 g/mol. The molecule has 0 amide bonds. The van der Waals surface area contributed by atoms with Crippen LogP contribution in [-0.2, 0) is 4.74 Å². The molecule has 2 N–H and O–H groups in total.